The lowest BCUT2D eigenvalue weighted by molar-refractivity contribution is 0.631. The highest BCUT2D eigenvalue weighted by atomic mass is 35.5. The predicted octanol–water partition coefficient (Wildman–Crippen LogP) is 4.23. The molecule has 0 aliphatic rings. The molecule has 0 saturated carbocycles. The van der Waals surface area contributed by atoms with Crippen LogP contribution in [0.4, 0.5) is 10.2 Å². The first kappa shape index (κ1) is 14.6. The second-order valence-electron chi connectivity index (χ2n) is 4.88. The van der Waals surface area contributed by atoms with Gasteiger partial charge in [-0.2, -0.15) is 0 Å². The Morgan fingerprint density at radius 3 is 2.80 bits per heavy atom. The SMILES string of the molecule is C=CCn1c(C(C)C)nc(-c2cc(Cl)ccc2F)c1N. The Morgan fingerprint density at radius 2 is 2.20 bits per heavy atom. The second kappa shape index (κ2) is 5.67. The van der Waals surface area contributed by atoms with Crippen LogP contribution < -0.4 is 5.73 Å². The molecule has 2 N–H and O–H groups in total. The van der Waals surface area contributed by atoms with Crippen LogP contribution in [-0.2, 0) is 6.54 Å². The van der Waals surface area contributed by atoms with Crippen molar-refractivity contribution in [2.45, 2.75) is 26.3 Å². The van der Waals surface area contributed by atoms with E-state index in [9.17, 15) is 4.39 Å². The molecule has 0 fully saturated rings. The van der Waals surface area contributed by atoms with Crippen LogP contribution in [0.2, 0.25) is 5.02 Å². The number of hydrogen-bond acceptors (Lipinski definition) is 2. The van der Waals surface area contributed by atoms with Crippen LogP contribution in [0.3, 0.4) is 0 Å². The quantitative estimate of drug-likeness (QED) is 0.857. The zero-order chi connectivity index (χ0) is 14.9. The number of halogens is 2. The van der Waals surface area contributed by atoms with Crippen molar-refractivity contribution >= 4 is 17.4 Å². The molecule has 1 aromatic heterocycles. The largest absolute Gasteiger partial charge is 0.383 e. The van der Waals surface area contributed by atoms with E-state index in [1.807, 2.05) is 18.4 Å². The van der Waals surface area contributed by atoms with Crippen molar-refractivity contribution in [3.8, 4) is 11.3 Å². The summed E-state index contributed by atoms with van der Waals surface area (Å²) in [5.74, 6) is 1.01. The number of anilines is 1. The van der Waals surface area contributed by atoms with Crippen molar-refractivity contribution in [1.29, 1.82) is 0 Å². The zero-order valence-electron chi connectivity index (χ0n) is 11.5. The van der Waals surface area contributed by atoms with Crippen molar-refractivity contribution in [2.24, 2.45) is 0 Å². The van der Waals surface area contributed by atoms with Gasteiger partial charge in [0.2, 0.25) is 0 Å². The van der Waals surface area contributed by atoms with Gasteiger partial charge in [0.15, 0.2) is 0 Å². The van der Waals surface area contributed by atoms with Crippen molar-refractivity contribution in [3.63, 3.8) is 0 Å². The molecule has 0 atom stereocenters. The van der Waals surface area contributed by atoms with Crippen LogP contribution in [0.25, 0.3) is 11.3 Å². The first-order valence-corrected chi connectivity index (χ1v) is 6.75. The number of aromatic nitrogens is 2. The minimum atomic E-state index is -0.389. The molecular formula is C15H17ClFN3. The molecule has 1 aromatic carbocycles. The average molecular weight is 294 g/mol. The van der Waals surface area contributed by atoms with Crippen LogP contribution >= 0.6 is 11.6 Å². The van der Waals surface area contributed by atoms with Crippen molar-refractivity contribution in [2.75, 3.05) is 5.73 Å². The molecule has 0 spiro atoms. The maximum Gasteiger partial charge on any atom is 0.132 e. The third-order valence-electron chi connectivity index (χ3n) is 3.05. The maximum atomic E-state index is 14.0. The van der Waals surface area contributed by atoms with Crippen LogP contribution in [0, 0.1) is 5.82 Å². The highest BCUT2D eigenvalue weighted by Crippen LogP contribution is 2.32. The molecule has 0 unspecified atom stereocenters. The summed E-state index contributed by atoms with van der Waals surface area (Å²) in [5.41, 5.74) is 6.87. The number of allylic oxidation sites excluding steroid dienone is 1. The van der Waals surface area contributed by atoms with E-state index in [-0.39, 0.29) is 11.7 Å². The summed E-state index contributed by atoms with van der Waals surface area (Å²) in [6.45, 7) is 8.27. The van der Waals surface area contributed by atoms with E-state index in [0.717, 1.165) is 5.82 Å². The predicted molar refractivity (Wildman–Crippen MR) is 81.3 cm³/mol. The summed E-state index contributed by atoms with van der Waals surface area (Å²) < 4.78 is 15.8. The molecule has 0 aliphatic carbocycles. The van der Waals surface area contributed by atoms with Crippen molar-refractivity contribution in [3.05, 3.63) is 47.5 Å². The van der Waals surface area contributed by atoms with E-state index in [0.29, 0.717) is 28.6 Å². The Bertz CT molecular complexity index is 647. The normalized spacial score (nSPS) is 11.1. The van der Waals surface area contributed by atoms with Crippen molar-refractivity contribution in [1.82, 2.24) is 9.55 Å². The first-order valence-electron chi connectivity index (χ1n) is 6.38. The summed E-state index contributed by atoms with van der Waals surface area (Å²) in [6.07, 6.45) is 1.74. The Balaban J connectivity index is 2.65. The standard InChI is InChI=1S/C15H17ClFN3/c1-4-7-20-14(18)13(19-15(20)9(2)3)11-8-10(16)5-6-12(11)17/h4-6,8-9H,1,7,18H2,2-3H3. The topological polar surface area (TPSA) is 43.8 Å². The van der Waals surface area contributed by atoms with Gasteiger partial charge in [0, 0.05) is 23.0 Å². The molecule has 3 nitrogen and oxygen atoms in total. The molecule has 0 radical (unpaired) electrons. The fourth-order valence-corrected chi connectivity index (χ4v) is 2.29. The summed E-state index contributed by atoms with van der Waals surface area (Å²) in [5, 5.41) is 0.449. The molecule has 2 aromatic rings. The Morgan fingerprint density at radius 1 is 1.50 bits per heavy atom. The second-order valence-corrected chi connectivity index (χ2v) is 5.32. The Labute approximate surface area is 122 Å². The van der Waals surface area contributed by atoms with E-state index >= 15 is 0 Å². The van der Waals surface area contributed by atoms with Crippen LogP contribution in [0.15, 0.2) is 30.9 Å². The molecule has 1 heterocycles. The fraction of sp³-hybridized carbons (Fsp3) is 0.267. The Kier molecular flexibility index (Phi) is 4.14. The third-order valence-corrected chi connectivity index (χ3v) is 3.28. The lowest BCUT2D eigenvalue weighted by Crippen LogP contribution is -2.07. The maximum absolute atomic E-state index is 14.0. The number of rotatable bonds is 4. The Hall–Kier alpha value is -1.81. The van der Waals surface area contributed by atoms with Gasteiger partial charge in [-0.3, -0.25) is 0 Å². The van der Waals surface area contributed by atoms with Crippen molar-refractivity contribution < 1.29 is 4.39 Å². The molecule has 0 bridgehead atoms. The van der Waals surface area contributed by atoms with Gasteiger partial charge in [0.1, 0.15) is 23.2 Å². The minimum absolute atomic E-state index is 0.174. The minimum Gasteiger partial charge on any atom is -0.383 e. The number of nitrogens with two attached hydrogens (primary N) is 1. The summed E-state index contributed by atoms with van der Waals surface area (Å²) in [7, 11) is 0. The summed E-state index contributed by atoms with van der Waals surface area (Å²) in [6, 6.07) is 4.36. The highest BCUT2D eigenvalue weighted by molar-refractivity contribution is 6.30. The van der Waals surface area contributed by atoms with Gasteiger partial charge in [0.05, 0.1) is 0 Å². The van der Waals surface area contributed by atoms with Gasteiger partial charge in [-0.25, -0.2) is 9.37 Å². The van der Waals surface area contributed by atoms with Gasteiger partial charge in [-0.05, 0) is 18.2 Å². The van der Waals surface area contributed by atoms with E-state index in [1.165, 1.54) is 18.2 Å². The first-order chi connectivity index (χ1) is 9.45. The lowest BCUT2D eigenvalue weighted by atomic mass is 10.1. The molecule has 5 heteroatoms. The average Bonchev–Trinajstić information content (AvgIpc) is 2.71. The van der Waals surface area contributed by atoms with Gasteiger partial charge in [0.25, 0.3) is 0 Å². The van der Waals surface area contributed by atoms with Crippen LogP contribution in [0.1, 0.15) is 25.6 Å². The highest BCUT2D eigenvalue weighted by Gasteiger charge is 2.20. The third kappa shape index (κ3) is 2.56. The van der Waals surface area contributed by atoms with Gasteiger partial charge in [-0.1, -0.05) is 31.5 Å². The zero-order valence-corrected chi connectivity index (χ0v) is 12.3. The number of imidazole rings is 1. The van der Waals surface area contributed by atoms with E-state index < -0.39 is 0 Å². The molecule has 20 heavy (non-hydrogen) atoms. The van der Waals surface area contributed by atoms with Gasteiger partial charge in [-0.15, -0.1) is 6.58 Å². The molecular weight excluding hydrogens is 277 g/mol. The number of benzene rings is 1. The van der Waals surface area contributed by atoms with E-state index in [4.69, 9.17) is 17.3 Å². The number of nitrogens with zero attached hydrogens (tertiary/aromatic N) is 2. The fourth-order valence-electron chi connectivity index (χ4n) is 2.12. The molecule has 2 rings (SSSR count). The molecule has 0 aliphatic heterocycles. The molecule has 0 saturated heterocycles. The number of hydrogen-bond donors (Lipinski definition) is 1. The van der Waals surface area contributed by atoms with Gasteiger partial charge < -0.3 is 10.3 Å². The lowest BCUT2D eigenvalue weighted by Gasteiger charge is -2.09. The molecule has 0 amide bonds. The monoisotopic (exact) mass is 293 g/mol. The van der Waals surface area contributed by atoms with Crippen LogP contribution in [0.5, 0.6) is 0 Å². The smallest absolute Gasteiger partial charge is 0.132 e. The summed E-state index contributed by atoms with van der Waals surface area (Å²) >= 11 is 5.93. The van der Waals surface area contributed by atoms with E-state index in [1.54, 1.807) is 6.08 Å². The van der Waals surface area contributed by atoms with Crippen LogP contribution in [-0.4, -0.2) is 9.55 Å². The summed E-state index contributed by atoms with van der Waals surface area (Å²) in [4.78, 5) is 4.49. The number of nitrogen functional groups attached to an aromatic ring is 1. The molecule has 106 valence electrons. The van der Waals surface area contributed by atoms with E-state index in [2.05, 4.69) is 11.6 Å². The van der Waals surface area contributed by atoms with Gasteiger partial charge >= 0.3 is 0 Å².